The highest BCUT2D eigenvalue weighted by Gasteiger charge is 2.27. The Morgan fingerprint density at radius 1 is 0.422 bits per heavy atom. The number of allylic oxidation sites excluding steroid dienone is 5. The Bertz CT molecular complexity index is 1510. The van der Waals surface area contributed by atoms with E-state index in [2.05, 4.69) is 50.4 Å². The van der Waals surface area contributed by atoms with Gasteiger partial charge in [-0.2, -0.15) is 0 Å². The molecule has 0 aliphatic carbocycles. The van der Waals surface area contributed by atoms with Gasteiger partial charge in [0.2, 0.25) is 5.91 Å². The van der Waals surface area contributed by atoms with Crippen LogP contribution in [0.3, 0.4) is 0 Å². The van der Waals surface area contributed by atoms with Gasteiger partial charge in [-0.3, -0.25) is 14.2 Å². The summed E-state index contributed by atoms with van der Waals surface area (Å²) in [5.74, 6) is -0.519. The number of amides is 1. The molecule has 0 fully saturated rings. The molecule has 0 aromatic heterocycles. The van der Waals surface area contributed by atoms with Gasteiger partial charge in [0, 0.05) is 12.8 Å². The van der Waals surface area contributed by atoms with Crippen molar-refractivity contribution >= 4 is 19.7 Å². The number of hydrogen-bond donors (Lipinski definition) is 1. The first-order valence-electron chi connectivity index (χ1n) is 36.3. The molecule has 0 radical (unpaired) electrons. The number of carbonyl (C=O) groups is 2. The van der Waals surface area contributed by atoms with Crippen LogP contribution in [0.4, 0.5) is 0 Å². The van der Waals surface area contributed by atoms with Gasteiger partial charge in [0.15, 0.2) is 0 Å². The van der Waals surface area contributed by atoms with Crippen molar-refractivity contribution in [3.63, 3.8) is 0 Å². The van der Waals surface area contributed by atoms with Gasteiger partial charge in [0.25, 0.3) is 7.82 Å². The molecule has 490 valence electrons. The topological polar surface area (TPSA) is 114 Å². The van der Waals surface area contributed by atoms with Crippen molar-refractivity contribution in [1.29, 1.82) is 0 Å². The van der Waals surface area contributed by atoms with Gasteiger partial charge in [-0.05, 0) is 63.9 Å². The van der Waals surface area contributed by atoms with Crippen molar-refractivity contribution in [1.82, 2.24) is 5.32 Å². The average Bonchev–Trinajstić information content (AvgIpc) is 3.51. The van der Waals surface area contributed by atoms with Crippen LogP contribution in [0.2, 0.25) is 0 Å². The van der Waals surface area contributed by atoms with E-state index < -0.39 is 20.0 Å². The van der Waals surface area contributed by atoms with Crippen LogP contribution < -0.4 is 10.2 Å². The highest BCUT2D eigenvalue weighted by molar-refractivity contribution is 7.45. The highest BCUT2D eigenvalue weighted by Crippen LogP contribution is 2.38. The Morgan fingerprint density at radius 3 is 1.11 bits per heavy atom. The molecule has 1 N–H and O–H groups in total. The number of phosphoric ester groups is 1. The van der Waals surface area contributed by atoms with Crippen molar-refractivity contribution in [2.45, 2.75) is 380 Å². The molecule has 0 aliphatic heterocycles. The minimum absolute atomic E-state index is 0.0186. The fourth-order valence-electron chi connectivity index (χ4n) is 11.0. The monoisotopic (exact) mass is 1190 g/mol. The number of nitrogens with zero attached hydrogens (tertiary/aromatic N) is 1. The van der Waals surface area contributed by atoms with Crippen LogP contribution in [-0.4, -0.2) is 69.4 Å². The van der Waals surface area contributed by atoms with Crippen LogP contribution in [0.25, 0.3) is 0 Å². The summed E-state index contributed by atoms with van der Waals surface area (Å²) in [6.45, 7) is 6.88. The predicted molar refractivity (Wildman–Crippen MR) is 358 cm³/mol. The predicted octanol–water partition coefficient (Wildman–Crippen LogP) is 22.4. The lowest BCUT2D eigenvalue weighted by atomic mass is 10.0. The van der Waals surface area contributed by atoms with Crippen LogP contribution in [-0.2, 0) is 27.9 Å². The Balaban J connectivity index is 4.93. The van der Waals surface area contributed by atoms with Gasteiger partial charge in [0.1, 0.15) is 19.3 Å². The summed E-state index contributed by atoms with van der Waals surface area (Å²) in [5, 5.41) is 3.05. The molecule has 0 rings (SSSR count). The maximum Gasteiger partial charge on any atom is 0.306 e. The van der Waals surface area contributed by atoms with E-state index in [1.54, 1.807) is 0 Å². The molecule has 10 heteroatoms. The Morgan fingerprint density at radius 2 is 0.735 bits per heavy atom. The summed E-state index contributed by atoms with van der Waals surface area (Å²) in [5.41, 5.74) is 0. The molecular weight excluding hydrogens is 1050 g/mol. The van der Waals surface area contributed by atoms with Crippen molar-refractivity contribution in [3.05, 3.63) is 36.5 Å². The van der Waals surface area contributed by atoms with Crippen molar-refractivity contribution in [2.24, 2.45) is 0 Å². The first-order chi connectivity index (χ1) is 40.4. The van der Waals surface area contributed by atoms with E-state index in [1.807, 2.05) is 33.3 Å². The number of esters is 1. The molecule has 83 heavy (non-hydrogen) atoms. The third-order valence-electron chi connectivity index (χ3n) is 16.6. The van der Waals surface area contributed by atoms with Crippen molar-refractivity contribution in [3.8, 4) is 0 Å². The Hall–Kier alpha value is -1.77. The summed E-state index contributed by atoms with van der Waals surface area (Å²) < 4.78 is 30.4. The molecule has 0 aromatic rings. The molecule has 1 amide bonds. The third kappa shape index (κ3) is 64.5. The average molecular weight is 1190 g/mol. The normalized spacial score (nSPS) is 13.7. The quantitative estimate of drug-likeness (QED) is 0.0212. The van der Waals surface area contributed by atoms with E-state index in [0.29, 0.717) is 17.4 Å². The number of unbranched alkanes of at least 4 members (excludes halogenated alkanes) is 47. The molecule has 0 aliphatic rings. The first kappa shape index (κ1) is 81.2. The van der Waals surface area contributed by atoms with Crippen molar-refractivity contribution < 1.29 is 37.3 Å². The number of rotatable bonds is 67. The Kier molecular flexibility index (Phi) is 61.9. The number of phosphoric acid groups is 1. The zero-order chi connectivity index (χ0) is 60.7. The van der Waals surface area contributed by atoms with E-state index in [4.69, 9.17) is 13.8 Å². The third-order valence-corrected chi connectivity index (χ3v) is 17.5. The lowest BCUT2D eigenvalue weighted by Crippen LogP contribution is -2.47. The molecule has 0 spiro atoms. The second-order valence-corrected chi connectivity index (χ2v) is 27.5. The van der Waals surface area contributed by atoms with Gasteiger partial charge in [0.05, 0.1) is 33.8 Å². The van der Waals surface area contributed by atoms with Gasteiger partial charge >= 0.3 is 5.97 Å². The van der Waals surface area contributed by atoms with Gasteiger partial charge in [-0.25, -0.2) is 0 Å². The standard InChI is InChI=1S/C73H141N2O7P/c1-7-10-13-16-19-22-25-27-29-31-33-34-35-36-37-38-39-40-42-44-46-48-51-54-57-60-63-66-73(77)82-71(64-61-58-55-52-49-24-21-18-15-12-9-3)70(69-81-83(78,79)80-68-67-75(4,5)6)74-72(76)65-62-59-56-53-50-47-45-43-41-32-30-28-26-23-20-17-14-11-8-2/h19,22,27,29,61,64,70-71H,7-18,20-21,23-26,28,30-60,62-63,65-69H2,1-6H3,(H-,74,76,78,79)/b22-19-,29-27-,64-61+. The lowest BCUT2D eigenvalue weighted by molar-refractivity contribution is -0.870. The largest absolute Gasteiger partial charge is 0.756 e. The minimum Gasteiger partial charge on any atom is -0.756 e. The van der Waals surface area contributed by atoms with Crippen LogP contribution in [0.5, 0.6) is 0 Å². The first-order valence-corrected chi connectivity index (χ1v) is 37.8. The molecule has 9 nitrogen and oxygen atoms in total. The van der Waals surface area contributed by atoms with Crippen LogP contribution in [0, 0.1) is 0 Å². The molecule has 0 bridgehead atoms. The fourth-order valence-corrected chi connectivity index (χ4v) is 11.7. The van der Waals surface area contributed by atoms with Crippen LogP contribution in [0.1, 0.15) is 367 Å². The fraction of sp³-hybridized carbons (Fsp3) is 0.890. The second kappa shape index (κ2) is 63.3. The summed E-state index contributed by atoms with van der Waals surface area (Å²) in [6.07, 6.45) is 78.5. The zero-order valence-corrected chi connectivity index (χ0v) is 57.1. The van der Waals surface area contributed by atoms with Gasteiger partial charge in [-0.15, -0.1) is 0 Å². The number of hydrogen-bond acceptors (Lipinski definition) is 7. The molecule has 3 atom stereocenters. The van der Waals surface area contributed by atoms with E-state index in [9.17, 15) is 19.0 Å². The maximum absolute atomic E-state index is 13.6. The maximum atomic E-state index is 13.6. The van der Waals surface area contributed by atoms with Crippen molar-refractivity contribution in [2.75, 3.05) is 40.9 Å². The van der Waals surface area contributed by atoms with Gasteiger partial charge < -0.3 is 28.5 Å². The summed E-state index contributed by atoms with van der Waals surface area (Å²) in [7, 11) is 1.21. The van der Waals surface area contributed by atoms with Crippen LogP contribution in [0.15, 0.2) is 36.5 Å². The summed E-state index contributed by atoms with van der Waals surface area (Å²) >= 11 is 0. The number of carbonyl (C=O) groups excluding carboxylic acids is 2. The number of likely N-dealkylation sites (N-methyl/N-ethyl adjacent to an activating group) is 1. The van der Waals surface area contributed by atoms with E-state index in [1.165, 1.54) is 270 Å². The molecule has 0 saturated heterocycles. The lowest BCUT2D eigenvalue weighted by Gasteiger charge is -2.30. The molecular formula is C73H141N2O7P. The van der Waals surface area contributed by atoms with E-state index in [0.717, 1.165) is 64.2 Å². The highest BCUT2D eigenvalue weighted by atomic mass is 31.2. The second-order valence-electron chi connectivity index (χ2n) is 26.1. The van der Waals surface area contributed by atoms with E-state index in [-0.39, 0.29) is 31.5 Å². The van der Waals surface area contributed by atoms with Gasteiger partial charge in [-0.1, -0.05) is 327 Å². The summed E-state index contributed by atoms with van der Waals surface area (Å²) in [4.78, 5) is 40.2. The zero-order valence-electron chi connectivity index (χ0n) is 56.2. The SMILES string of the molecule is CCCCC/C=C\C/C=C\CCCCCCCCCCCCCCCCCCCC(=O)OC(/C=C/CCCCCCCCCCC)C(COP(=O)([O-])OCC[N+](C)(C)C)NC(=O)CCCCCCCCCCCCCCCCCCCCC. The summed E-state index contributed by atoms with van der Waals surface area (Å²) in [6, 6.07) is -0.883. The smallest absolute Gasteiger partial charge is 0.306 e. The number of quaternary nitrogens is 1. The van der Waals surface area contributed by atoms with Crippen LogP contribution >= 0.6 is 7.82 Å². The van der Waals surface area contributed by atoms with E-state index >= 15 is 0 Å². The Labute approximate surface area is 516 Å². The molecule has 0 aromatic carbocycles. The molecule has 0 heterocycles. The molecule has 0 saturated carbocycles. The molecule has 3 unspecified atom stereocenters. The number of ether oxygens (including phenoxy) is 1. The minimum atomic E-state index is -4.70. The number of nitrogens with one attached hydrogen (secondary N) is 1.